The van der Waals surface area contributed by atoms with E-state index in [9.17, 15) is 28.0 Å². The number of amides is 2. The molecule has 0 aromatic heterocycles. The van der Waals surface area contributed by atoms with Crippen LogP contribution in [0, 0.1) is 11.3 Å². The van der Waals surface area contributed by atoms with Crippen molar-refractivity contribution in [3.63, 3.8) is 0 Å². The second kappa shape index (κ2) is 13.3. The van der Waals surface area contributed by atoms with Gasteiger partial charge in [0.05, 0.1) is 12.1 Å². The number of halogens is 3. The lowest BCUT2D eigenvalue weighted by Gasteiger charge is -2.23. The highest BCUT2D eigenvalue weighted by Crippen LogP contribution is 2.23. The Labute approximate surface area is 206 Å². The Hall–Kier alpha value is -3.91. The van der Waals surface area contributed by atoms with Crippen molar-refractivity contribution in [2.24, 2.45) is 0 Å². The zero-order valence-corrected chi connectivity index (χ0v) is 19.6. The van der Waals surface area contributed by atoms with Crippen LogP contribution in [0.4, 0.5) is 18.9 Å². The average molecular weight is 505 g/mol. The lowest BCUT2D eigenvalue weighted by molar-refractivity contribution is -0.192. The van der Waals surface area contributed by atoms with Gasteiger partial charge in [0, 0.05) is 19.0 Å². The summed E-state index contributed by atoms with van der Waals surface area (Å²) >= 11 is 0. The lowest BCUT2D eigenvalue weighted by atomic mass is 10.00. The smallest absolute Gasteiger partial charge is 0.475 e. The van der Waals surface area contributed by atoms with Crippen LogP contribution in [0.2, 0.25) is 0 Å². The molecule has 1 aliphatic rings. The van der Waals surface area contributed by atoms with Crippen LogP contribution in [0.25, 0.3) is 11.1 Å². The summed E-state index contributed by atoms with van der Waals surface area (Å²) < 4.78 is 31.7. The maximum atomic E-state index is 12.4. The number of carboxylic acid groups (broad SMARTS) is 1. The van der Waals surface area contributed by atoms with Gasteiger partial charge in [0.15, 0.2) is 0 Å². The zero-order valence-electron chi connectivity index (χ0n) is 19.6. The zero-order chi connectivity index (χ0) is 26.7. The van der Waals surface area contributed by atoms with Gasteiger partial charge in [-0.3, -0.25) is 9.59 Å². The van der Waals surface area contributed by atoms with Gasteiger partial charge in [-0.25, -0.2) is 4.79 Å². The normalized spacial score (nSPS) is 15.9. The number of rotatable bonds is 6. The van der Waals surface area contributed by atoms with Crippen molar-refractivity contribution in [2.45, 2.75) is 50.9 Å². The third-order valence-corrected chi connectivity index (χ3v) is 5.25. The van der Waals surface area contributed by atoms with Crippen LogP contribution in [0.15, 0.2) is 48.5 Å². The van der Waals surface area contributed by atoms with Gasteiger partial charge in [0.25, 0.3) is 0 Å². The average Bonchev–Trinajstić information content (AvgIpc) is 2.84. The first-order valence-corrected chi connectivity index (χ1v) is 11.2. The van der Waals surface area contributed by atoms with Crippen LogP contribution in [0.1, 0.15) is 31.7 Å². The van der Waals surface area contributed by atoms with Gasteiger partial charge in [-0.05, 0) is 48.2 Å². The SMILES string of the molecule is CC(=O)Nc1cccc(-c2ccc(C[C@@H](C#N)NC(=O)[C@@H]3CCCCN3)cc2)c1.O=C(O)C(F)(F)F. The van der Waals surface area contributed by atoms with Crippen molar-refractivity contribution in [1.29, 1.82) is 5.26 Å². The fraction of sp³-hybridized carbons (Fsp3) is 0.360. The molecule has 36 heavy (non-hydrogen) atoms. The summed E-state index contributed by atoms with van der Waals surface area (Å²) in [4.78, 5) is 32.5. The Balaban J connectivity index is 0.000000572. The van der Waals surface area contributed by atoms with Gasteiger partial charge < -0.3 is 21.1 Å². The summed E-state index contributed by atoms with van der Waals surface area (Å²) in [5.41, 5.74) is 3.75. The van der Waals surface area contributed by atoms with E-state index in [1.165, 1.54) is 6.92 Å². The number of nitrogens with one attached hydrogen (secondary N) is 3. The number of nitrogens with zero attached hydrogens (tertiary/aromatic N) is 1. The van der Waals surface area contributed by atoms with Gasteiger partial charge in [-0.1, -0.05) is 42.8 Å². The molecule has 0 spiro atoms. The minimum Gasteiger partial charge on any atom is -0.475 e. The molecule has 4 N–H and O–H groups in total. The molecule has 0 unspecified atom stereocenters. The predicted molar refractivity (Wildman–Crippen MR) is 127 cm³/mol. The van der Waals surface area contributed by atoms with Crippen molar-refractivity contribution < 1.29 is 32.7 Å². The van der Waals surface area contributed by atoms with Gasteiger partial charge in [-0.2, -0.15) is 18.4 Å². The number of nitriles is 1. The molecule has 8 nitrogen and oxygen atoms in total. The number of anilines is 1. The Bertz CT molecular complexity index is 1090. The quantitative estimate of drug-likeness (QED) is 0.475. The van der Waals surface area contributed by atoms with Crippen molar-refractivity contribution in [2.75, 3.05) is 11.9 Å². The molecular formula is C25H27F3N4O4. The number of hydrogen-bond acceptors (Lipinski definition) is 5. The first-order valence-electron chi connectivity index (χ1n) is 11.2. The Morgan fingerprint density at radius 1 is 1.14 bits per heavy atom. The third kappa shape index (κ3) is 9.38. The molecule has 1 saturated heterocycles. The summed E-state index contributed by atoms with van der Waals surface area (Å²) in [6.45, 7) is 2.33. The molecular weight excluding hydrogens is 477 g/mol. The van der Waals surface area contributed by atoms with Gasteiger partial charge >= 0.3 is 12.1 Å². The molecule has 2 aromatic rings. The highest BCUT2D eigenvalue weighted by atomic mass is 19.4. The van der Waals surface area contributed by atoms with Crippen molar-refractivity contribution in [3.05, 3.63) is 54.1 Å². The van der Waals surface area contributed by atoms with Gasteiger partial charge in [0.2, 0.25) is 11.8 Å². The van der Waals surface area contributed by atoms with E-state index in [2.05, 4.69) is 22.0 Å². The van der Waals surface area contributed by atoms with Crippen molar-refractivity contribution >= 4 is 23.5 Å². The Kier molecular flexibility index (Phi) is 10.4. The highest BCUT2D eigenvalue weighted by molar-refractivity contribution is 5.89. The molecule has 0 bridgehead atoms. The molecule has 3 rings (SSSR count). The van der Waals surface area contributed by atoms with E-state index in [0.717, 1.165) is 48.2 Å². The number of carboxylic acids is 1. The van der Waals surface area contributed by atoms with E-state index in [0.29, 0.717) is 6.42 Å². The van der Waals surface area contributed by atoms with Crippen LogP contribution in [-0.2, 0) is 20.8 Å². The van der Waals surface area contributed by atoms with Crippen LogP contribution >= 0.6 is 0 Å². The number of carbonyl (C=O) groups excluding carboxylic acids is 2. The monoisotopic (exact) mass is 504 g/mol. The van der Waals surface area contributed by atoms with Gasteiger partial charge in [0.1, 0.15) is 6.04 Å². The second-order valence-electron chi connectivity index (χ2n) is 8.16. The number of piperidine rings is 1. The van der Waals surface area contributed by atoms with Crippen molar-refractivity contribution in [3.8, 4) is 17.2 Å². The topological polar surface area (TPSA) is 131 Å². The minimum atomic E-state index is -5.08. The number of benzene rings is 2. The maximum absolute atomic E-state index is 12.4. The van der Waals surface area contributed by atoms with E-state index in [-0.39, 0.29) is 17.9 Å². The van der Waals surface area contributed by atoms with E-state index < -0.39 is 18.2 Å². The number of carbonyl (C=O) groups is 3. The van der Waals surface area contributed by atoms with Crippen molar-refractivity contribution in [1.82, 2.24) is 10.6 Å². The fourth-order valence-corrected chi connectivity index (χ4v) is 3.53. The van der Waals surface area contributed by atoms with E-state index >= 15 is 0 Å². The molecule has 0 radical (unpaired) electrons. The van der Waals surface area contributed by atoms with Crippen LogP contribution < -0.4 is 16.0 Å². The fourth-order valence-electron chi connectivity index (χ4n) is 3.53. The molecule has 2 aromatic carbocycles. The molecule has 11 heteroatoms. The van der Waals surface area contributed by atoms with Gasteiger partial charge in [-0.15, -0.1) is 0 Å². The molecule has 192 valence electrons. The molecule has 2 amide bonds. The molecule has 1 heterocycles. The standard InChI is InChI=1S/C23H26N4O2.C2HF3O2/c1-16(28)26-20-6-4-5-19(14-20)18-10-8-17(9-11-18)13-21(15-24)27-23(29)22-7-2-3-12-25-22;3-2(4,5)1(6)7/h4-6,8-11,14,21-22,25H,2-3,7,12-13H2,1H3,(H,26,28)(H,27,29);(H,6,7)/t21-,22-;/m0./s1. The summed E-state index contributed by atoms with van der Waals surface area (Å²) in [6, 6.07) is 17.0. The second-order valence-corrected chi connectivity index (χ2v) is 8.16. The van der Waals surface area contributed by atoms with Crippen LogP contribution in [0.3, 0.4) is 0 Å². The number of aliphatic carboxylic acids is 1. The number of alkyl halides is 3. The summed E-state index contributed by atoms with van der Waals surface area (Å²) in [5.74, 6) is -2.96. The first kappa shape index (κ1) is 28.3. The molecule has 1 fully saturated rings. The molecule has 1 aliphatic heterocycles. The number of hydrogen-bond donors (Lipinski definition) is 4. The maximum Gasteiger partial charge on any atom is 0.490 e. The molecule has 2 atom stereocenters. The third-order valence-electron chi connectivity index (χ3n) is 5.25. The van der Waals surface area contributed by atoms with E-state index in [1.54, 1.807) is 0 Å². The molecule has 0 aliphatic carbocycles. The summed E-state index contributed by atoms with van der Waals surface area (Å²) in [6.07, 6.45) is -1.68. The van der Waals surface area contributed by atoms with Crippen LogP contribution in [-0.4, -0.2) is 47.7 Å². The summed E-state index contributed by atoms with van der Waals surface area (Å²) in [5, 5.41) is 25.4. The lowest BCUT2D eigenvalue weighted by Crippen LogP contribution is -2.49. The van der Waals surface area contributed by atoms with E-state index in [4.69, 9.17) is 9.90 Å². The van der Waals surface area contributed by atoms with E-state index in [1.807, 2.05) is 48.5 Å². The summed E-state index contributed by atoms with van der Waals surface area (Å²) in [7, 11) is 0. The first-order chi connectivity index (χ1) is 17.0. The highest BCUT2D eigenvalue weighted by Gasteiger charge is 2.38. The molecule has 0 saturated carbocycles. The largest absolute Gasteiger partial charge is 0.490 e. The Morgan fingerprint density at radius 3 is 2.33 bits per heavy atom. The minimum absolute atomic E-state index is 0.0948. The van der Waals surface area contributed by atoms with Crippen LogP contribution in [0.5, 0.6) is 0 Å². The Morgan fingerprint density at radius 2 is 1.81 bits per heavy atom. The predicted octanol–water partition coefficient (Wildman–Crippen LogP) is 3.64.